The summed E-state index contributed by atoms with van der Waals surface area (Å²) in [7, 11) is 0. The van der Waals surface area contributed by atoms with Gasteiger partial charge in [0.2, 0.25) is 5.91 Å². The number of amides is 1. The van der Waals surface area contributed by atoms with Crippen LogP contribution in [0.15, 0.2) is 66.7 Å². The number of nitrogens with zero attached hydrogens (tertiary/aromatic N) is 1. The predicted molar refractivity (Wildman–Crippen MR) is 79.4 cm³/mol. The van der Waals surface area contributed by atoms with E-state index in [1.165, 1.54) is 0 Å². The molecule has 2 aromatic rings. The summed E-state index contributed by atoms with van der Waals surface area (Å²) in [5.41, 5.74) is 6.30. The standard InChI is InChI=1S/C17H16N2O/c20-17(13-14-7-3-1-4-8-14)19-12-11-16(18-19)15-9-5-2-6-10-15/h1-11,18H,12-13H2. The first-order chi connectivity index (χ1) is 9.83. The Kier molecular flexibility index (Phi) is 3.50. The number of nitrogens with one attached hydrogen (secondary N) is 1. The number of hydrazine groups is 1. The predicted octanol–water partition coefficient (Wildman–Crippen LogP) is 2.62. The Hall–Kier alpha value is -2.55. The van der Waals surface area contributed by atoms with E-state index in [1.54, 1.807) is 5.01 Å². The lowest BCUT2D eigenvalue weighted by molar-refractivity contribution is -0.131. The number of rotatable bonds is 3. The Morgan fingerprint density at radius 2 is 1.65 bits per heavy atom. The van der Waals surface area contributed by atoms with Crippen LogP contribution in [0, 0.1) is 0 Å². The lowest BCUT2D eigenvalue weighted by atomic mass is 10.1. The zero-order valence-corrected chi connectivity index (χ0v) is 11.1. The number of carbonyl (C=O) groups is 1. The van der Waals surface area contributed by atoms with Crippen molar-refractivity contribution in [1.29, 1.82) is 0 Å². The van der Waals surface area contributed by atoms with Gasteiger partial charge < -0.3 is 0 Å². The molecule has 1 N–H and O–H groups in total. The van der Waals surface area contributed by atoms with Crippen molar-refractivity contribution in [1.82, 2.24) is 10.4 Å². The fourth-order valence-corrected chi connectivity index (χ4v) is 2.25. The van der Waals surface area contributed by atoms with Crippen LogP contribution in [0.25, 0.3) is 5.70 Å². The first kappa shape index (κ1) is 12.5. The van der Waals surface area contributed by atoms with Gasteiger partial charge in [0.1, 0.15) is 0 Å². The van der Waals surface area contributed by atoms with Crippen LogP contribution in [-0.2, 0) is 11.2 Å². The molecule has 0 fully saturated rings. The maximum Gasteiger partial charge on any atom is 0.245 e. The molecule has 0 atom stereocenters. The topological polar surface area (TPSA) is 32.3 Å². The van der Waals surface area contributed by atoms with Crippen molar-refractivity contribution < 1.29 is 4.79 Å². The van der Waals surface area contributed by atoms with Crippen LogP contribution in [-0.4, -0.2) is 17.5 Å². The molecule has 20 heavy (non-hydrogen) atoms. The Labute approximate surface area is 118 Å². The highest BCUT2D eigenvalue weighted by Gasteiger charge is 2.19. The maximum absolute atomic E-state index is 12.2. The summed E-state index contributed by atoms with van der Waals surface area (Å²) in [6.07, 6.45) is 2.46. The minimum Gasteiger partial charge on any atom is -0.295 e. The third-order valence-electron chi connectivity index (χ3n) is 3.32. The van der Waals surface area contributed by atoms with E-state index in [2.05, 4.69) is 5.43 Å². The summed E-state index contributed by atoms with van der Waals surface area (Å²) in [4.78, 5) is 12.2. The molecule has 100 valence electrons. The summed E-state index contributed by atoms with van der Waals surface area (Å²) in [6, 6.07) is 19.8. The molecule has 0 bridgehead atoms. The quantitative estimate of drug-likeness (QED) is 0.924. The fourth-order valence-electron chi connectivity index (χ4n) is 2.25. The second-order valence-corrected chi connectivity index (χ2v) is 4.76. The Balaban J connectivity index is 1.63. The summed E-state index contributed by atoms with van der Waals surface area (Å²) in [5.74, 6) is 0.0818. The van der Waals surface area contributed by atoms with Crippen LogP contribution in [0.4, 0.5) is 0 Å². The minimum absolute atomic E-state index is 0.0818. The molecule has 0 saturated heterocycles. The molecule has 1 amide bonds. The minimum atomic E-state index is 0.0818. The fraction of sp³-hybridized carbons (Fsp3) is 0.118. The molecule has 1 heterocycles. The lowest BCUT2D eigenvalue weighted by Crippen LogP contribution is -2.38. The van der Waals surface area contributed by atoms with Crippen LogP contribution < -0.4 is 5.43 Å². The second kappa shape index (κ2) is 5.61. The van der Waals surface area contributed by atoms with Crippen molar-refractivity contribution in [3.63, 3.8) is 0 Å². The van der Waals surface area contributed by atoms with Crippen molar-refractivity contribution in [2.24, 2.45) is 0 Å². The van der Waals surface area contributed by atoms with Crippen molar-refractivity contribution in [2.75, 3.05) is 6.54 Å². The second-order valence-electron chi connectivity index (χ2n) is 4.76. The molecule has 3 nitrogen and oxygen atoms in total. The highest BCUT2D eigenvalue weighted by molar-refractivity contribution is 5.81. The average Bonchev–Trinajstić information content (AvgIpc) is 2.99. The molecule has 0 spiro atoms. The Bertz CT molecular complexity index is 620. The van der Waals surface area contributed by atoms with Gasteiger partial charge in [-0.05, 0) is 17.2 Å². The van der Waals surface area contributed by atoms with E-state index in [-0.39, 0.29) is 5.91 Å². The lowest BCUT2D eigenvalue weighted by Gasteiger charge is -2.18. The molecule has 0 radical (unpaired) electrons. The first-order valence-electron chi connectivity index (χ1n) is 6.69. The number of hydrogen-bond acceptors (Lipinski definition) is 2. The van der Waals surface area contributed by atoms with Crippen molar-refractivity contribution in [3.8, 4) is 0 Å². The SMILES string of the molecule is O=C(Cc1ccccc1)N1CC=C(c2ccccc2)N1. The van der Waals surface area contributed by atoms with Gasteiger partial charge in [0.25, 0.3) is 0 Å². The summed E-state index contributed by atoms with van der Waals surface area (Å²) < 4.78 is 0. The molecule has 0 unspecified atom stereocenters. The van der Waals surface area contributed by atoms with Gasteiger partial charge in [-0.3, -0.25) is 15.2 Å². The molecule has 3 heteroatoms. The molecule has 0 aromatic heterocycles. The molecule has 0 saturated carbocycles. The first-order valence-corrected chi connectivity index (χ1v) is 6.69. The van der Waals surface area contributed by atoms with Gasteiger partial charge in [0, 0.05) is 0 Å². The van der Waals surface area contributed by atoms with Crippen LogP contribution >= 0.6 is 0 Å². The van der Waals surface area contributed by atoms with Gasteiger partial charge in [0.15, 0.2) is 0 Å². The number of carbonyl (C=O) groups excluding carboxylic acids is 1. The van der Waals surface area contributed by atoms with E-state index < -0.39 is 0 Å². The third-order valence-corrected chi connectivity index (χ3v) is 3.32. The highest BCUT2D eigenvalue weighted by Crippen LogP contribution is 2.16. The van der Waals surface area contributed by atoms with Gasteiger partial charge >= 0.3 is 0 Å². The van der Waals surface area contributed by atoms with Crippen LogP contribution in [0.3, 0.4) is 0 Å². The molecule has 1 aliphatic rings. The zero-order chi connectivity index (χ0) is 13.8. The van der Waals surface area contributed by atoms with Crippen LogP contribution in [0.1, 0.15) is 11.1 Å². The monoisotopic (exact) mass is 264 g/mol. The largest absolute Gasteiger partial charge is 0.295 e. The molecule has 0 aliphatic carbocycles. The van der Waals surface area contributed by atoms with E-state index in [4.69, 9.17) is 0 Å². The molecular weight excluding hydrogens is 248 g/mol. The number of hydrogen-bond donors (Lipinski definition) is 1. The van der Waals surface area contributed by atoms with E-state index in [0.717, 1.165) is 16.8 Å². The third kappa shape index (κ3) is 2.72. The van der Waals surface area contributed by atoms with Gasteiger partial charge in [-0.1, -0.05) is 60.7 Å². The smallest absolute Gasteiger partial charge is 0.245 e. The van der Waals surface area contributed by atoms with Crippen molar-refractivity contribution >= 4 is 11.6 Å². The zero-order valence-electron chi connectivity index (χ0n) is 11.1. The van der Waals surface area contributed by atoms with E-state index in [1.807, 2.05) is 66.7 Å². The highest BCUT2D eigenvalue weighted by atomic mass is 16.2. The van der Waals surface area contributed by atoms with Crippen molar-refractivity contribution in [2.45, 2.75) is 6.42 Å². The average molecular weight is 264 g/mol. The maximum atomic E-state index is 12.2. The molecule has 1 aliphatic heterocycles. The normalized spacial score (nSPS) is 13.8. The van der Waals surface area contributed by atoms with E-state index in [0.29, 0.717) is 13.0 Å². The molecular formula is C17H16N2O. The number of benzene rings is 2. The van der Waals surface area contributed by atoms with E-state index in [9.17, 15) is 4.79 Å². The van der Waals surface area contributed by atoms with Gasteiger partial charge in [-0.25, -0.2) is 0 Å². The Morgan fingerprint density at radius 3 is 2.35 bits per heavy atom. The van der Waals surface area contributed by atoms with Gasteiger partial charge in [-0.2, -0.15) is 0 Å². The van der Waals surface area contributed by atoms with Crippen LogP contribution in [0.2, 0.25) is 0 Å². The summed E-state index contributed by atoms with van der Waals surface area (Å²) >= 11 is 0. The van der Waals surface area contributed by atoms with Crippen molar-refractivity contribution in [3.05, 3.63) is 77.9 Å². The Morgan fingerprint density at radius 1 is 1.00 bits per heavy atom. The summed E-state index contributed by atoms with van der Waals surface area (Å²) in [5, 5.41) is 1.66. The van der Waals surface area contributed by atoms with Crippen LogP contribution in [0.5, 0.6) is 0 Å². The van der Waals surface area contributed by atoms with Gasteiger partial charge in [-0.15, -0.1) is 0 Å². The van der Waals surface area contributed by atoms with E-state index >= 15 is 0 Å². The van der Waals surface area contributed by atoms with Gasteiger partial charge in [0.05, 0.1) is 18.7 Å². The molecule has 2 aromatic carbocycles. The molecule has 3 rings (SSSR count). The summed E-state index contributed by atoms with van der Waals surface area (Å²) in [6.45, 7) is 0.607.